The van der Waals surface area contributed by atoms with E-state index >= 15 is 0 Å². The Morgan fingerprint density at radius 1 is 1.18 bits per heavy atom. The Morgan fingerprint density at radius 2 is 1.82 bits per heavy atom. The lowest BCUT2D eigenvalue weighted by Gasteiger charge is -2.51. The molecule has 1 aromatic carbocycles. The van der Waals surface area contributed by atoms with Gasteiger partial charge in [0.2, 0.25) is 0 Å². The van der Waals surface area contributed by atoms with Gasteiger partial charge in [0.25, 0.3) is 5.92 Å². The Bertz CT molecular complexity index is 778. The quantitative estimate of drug-likeness (QED) is 0.644. The van der Waals surface area contributed by atoms with E-state index in [1.807, 2.05) is 18.2 Å². The molecule has 1 saturated carbocycles. The number of aliphatic hydroxyl groups is 1. The van der Waals surface area contributed by atoms with E-state index < -0.39 is 42.2 Å². The van der Waals surface area contributed by atoms with Crippen LogP contribution < -0.4 is 5.73 Å². The number of piperidine rings is 1. The summed E-state index contributed by atoms with van der Waals surface area (Å²) in [7, 11) is 0. The van der Waals surface area contributed by atoms with Gasteiger partial charge in [-0.3, -0.25) is 0 Å². The Labute approximate surface area is 195 Å². The zero-order valence-electron chi connectivity index (χ0n) is 19.9. The first-order chi connectivity index (χ1) is 15.5. The summed E-state index contributed by atoms with van der Waals surface area (Å²) >= 11 is 0. The van der Waals surface area contributed by atoms with Crippen molar-refractivity contribution in [3.05, 3.63) is 35.9 Å². The second-order valence-electron chi connectivity index (χ2n) is 10.4. The monoisotopic (exact) mass is 468 g/mol. The van der Waals surface area contributed by atoms with Crippen LogP contribution in [0.1, 0.15) is 70.8 Å². The molecule has 8 heteroatoms. The molecule has 1 aliphatic carbocycles. The van der Waals surface area contributed by atoms with Gasteiger partial charge in [0, 0.05) is 19.6 Å². The first kappa shape index (κ1) is 25.8. The molecule has 2 aliphatic rings. The molecule has 0 radical (unpaired) electrons. The van der Waals surface area contributed by atoms with Crippen LogP contribution in [0.3, 0.4) is 0 Å². The van der Waals surface area contributed by atoms with Gasteiger partial charge in [-0.05, 0) is 64.4 Å². The zero-order chi connectivity index (χ0) is 24.3. The molecule has 3 N–H and O–H groups in total. The highest BCUT2D eigenvalue weighted by Crippen LogP contribution is 2.42. The molecular weight excluding hydrogens is 430 g/mol. The molecule has 0 aromatic heterocycles. The van der Waals surface area contributed by atoms with Crippen molar-refractivity contribution >= 4 is 6.09 Å². The zero-order valence-corrected chi connectivity index (χ0v) is 19.9. The van der Waals surface area contributed by atoms with E-state index in [9.17, 15) is 18.7 Å². The predicted molar refractivity (Wildman–Crippen MR) is 122 cm³/mol. The third-order valence-corrected chi connectivity index (χ3v) is 6.91. The molecule has 1 aromatic rings. The minimum absolute atomic E-state index is 0.0839. The molecular formula is C25H38F2N2O4. The van der Waals surface area contributed by atoms with E-state index in [4.69, 9.17) is 15.2 Å². The Hall–Kier alpha value is -1.77. The van der Waals surface area contributed by atoms with Crippen LogP contribution in [0, 0.1) is 0 Å². The van der Waals surface area contributed by atoms with Crippen molar-refractivity contribution in [1.82, 2.24) is 4.90 Å². The van der Waals surface area contributed by atoms with Crippen LogP contribution in [0.25, 0.3) is 0 Å². The van der Waals surface area contributed by atoms with E-state index in [1.54, 1.807) is 20.8 Å². The summed E-state index contributed by atoms with van der Waals surface area (Å²) in [6.07, 6.45) is 1.84. The summed E-state index contributed by atoms with van der Waals surface area (Å²) in [6, 6.07) is 9.23. The number of halogens is 2. The summed E-state index contributed by atoms with van der Waals surface area (Å²) < 4.78 is 41.6. The van der Waals surface area contributed by atoms with Crippen LogP contribution in [0.4, 0.5) is 13.6 Å². The third kappa shape index (κ3) is 6.03. The number of rotatable bonds is 6. The van der Waals surface area contributed by atoms with E-state index in [2.05, 4.69) is 12.1 Å². The predicted octanol–water partition coefficient (Wildman–Crippen LogP) is 4.45. The summed E-state index contributed by atoms with van der Waals surface area (Å²) in [5.74, 6) is -2.78. The van der Waals surface area contributed by atoms with Crippen molar-refractivity contribution in [3.63, 3.8) is 0 Å². The van der Waals surface area contributed by atoms with Crippen LogP contribution in [0.5, 0.6) is 0 Å². The van der Waals surface area contributed by atoms with Crippen molar-refractivity contribution in [1.29, 1.82) is 0 Å². The van der Waals surface area contributed by atoms with Crippen LogP contribution in [-0.2, 0) is 9.47 Å². The molecule has 3 rings (SSSR count). The summed E-state index contributed by atoms with van der Waals surface area (Å²) in [5.41, 5.74) is 4.70. The van der Waals surface area contributed by atoms with Gasteiger partial charge in [-0.2, -0.15) is 0 Å². The van der Waals surface area contributed by atoms with Crippen LogP contribution in [-0.4, -0.2) is 65.1 Å². The smallest absolute Gasteiger partial charge is 0.410 e. The largest absolute Gasteiger partial charge is 0.444 e. The lowest BCUT2D eigenvalue weighted by Crippen LogP contribution is -2.74. The number of alkyl halides is 2. The number of nitrogens with zero attached hydrogens (tertiary/aromatic N) is 1. The molecule has 2 atom stereocenters. The van der Waals surface area contributed by atoms with E-state index in [0.29, 0.717) is 5.92 Å². The van der Waals surface area contributed by atoms with Crippen LogP contribution in [0.2, 0.25) is 0 Å². The molecule has 1 heterocycles. The first-order valence-electron chi connectivity index (χ1n) is 11.9. The second-order valence-corrected chi connectivity index (χ2v) is 10.4. The Kier molecular flexibility index (Phi) is 8.02. The molecule has 6 nitrogen and oxygen atoms in total. The van der Waals surface area contributed by atoms with Crippen molar-refractivity contribution in [3.8, 4) is 0 Å². The van der Waals surface area contributed by atoms with Crippen molar-refractivity contribution in [2.24, 2.45) is 5.73 Å². The fourth-order valence-corrected chi connectivity index (χ4v) is 5.00. The van der Waals surface area contributed by atoms with Gasteiger partial charge in [-0.15, -0.1) is 0 Å². The average Bonchev–Trinajstić information content (AvgIpc) is 2.75. The number of hydrogen-bond donors (Lipinski definition) is 2. The van der Waals surface area contributed by atoms with E-state index in [1.165, 1.54) is 10.5 Å². The molecule has 33 heavy (non-hydrogen) atoms. The van der Waals surface area contributed by atoms with Gasteiger partial charge >= 0.3 is 6.09 Å². The van der Waals surface area contributed by atoms with Crippen molar-refractivity contribution < 1.29 is 28.2 Å². The average molecular weight is 469 g/mol. The summed E-state index contributed by atoms with van der Waals surface area (Å²) in [5, 5.41) is 9.51. The number of likely N-dealkylation sites (tertiary alicyclic amines) is 1. The van der Waals surface area contributed by atoms with Crippen molar-refractivity contribution in [2.45, 2.75) is 94.4 Å². The summed E-state index contributed by atoms with van der Waals surface area (Å²) in [4.78, 5) is 14.1. The lowest BCUT2D eigenvalue weighted by molar-refractivity contribution is -0.165. The maximum Gasteiger partial charge on any atom is 0.410 e. The minimum atomic E-state index is -3.24. The first-order valence-corrected chi connectivity index (χ1v) is 11.9. The topological polar surface area (TPSA) is 85.0 Å². The number of nitrogens with two attached hydrogens (primary N) is 1. The minimum Gasteiger partial charge on any atom is -0.444 e. The standard InChI is InChI=1S/C25H38F2N2O4/c1-23(2,3)33-22(31)29-15-13-25(26,27)24(28,14-16-30)21(29)17-32-20-11-9-19(10-12-20)18-7-5-4-6-8-18/h4-8,19-21,30H,9-17,28H2,1-3H3. The molecule has 2 fully saturated rings. The molecule has 186 valence electrons. The number of benzene rings is 1. The summed E-state index contributed by atoms with van der Waals surface area (Å²) in [6.45, 7) is 4.37. The number of carbonyl (C=O) groups excluding carboxylic acids is 1. The van der Waals surface area contributed by atoms with Gasteiger partial charge in [-0.1, -0.05) is 30.3 Å². The number of hydrogen-bond acceptors (Lipinski definition) is 5. The highest BCUT2D eigenvalue weighted by molar-refractivity contribution is 5.69. The third-order valence-electron chi connectivity index (χ3n) is 6.91. The lowest BCUT2D eigenvalue weighted by atomic mass is 9.76. The normalized spacial score (nSPS) is 30.2. The van der Waals surface area contributed by atoms with E-state index in [-0.39, 0.29) is 25.7 Å². The number of aliphatic hydroxyl groups excluding tert-OH is 1. The highest BCUT2D eigenvalue weighted by atomic mass is 19.3. The van der Waals surface area contributed by atoms with Gasteiger partial charge in [0.1, 0.15) is 11.1 Å². The van der Waals surface area contributed by atoms with Gasteiger partial charge in [0.15, 0.2) is 0 Å². The van der Waals surface area contributed by atoms with Gasteiger partial charge in [-0.25, -0.2) is 13.6 Å². The molecule has 1 aliphatic heterocycles. The number of ether oxygens (including phenoxy) is 2. The Morgan fingerprint density at radius 3 is 2.39 bits per heavy atom. The van der Waals surface area contributed by atoms with Gasteiger partial charge in [0.05, 0.1) is 18.8 Å². The Balaban J connectivity index is 1.70. The fourth-order valence-electron chi connectivity index (χ4n) is 5.00. The maximum absolute atomic E-state index is 15.0. The van der Waals surface area contributed by atoms with Gasteiger partial charge < -0.3 is 25.2 Å². The second kappa shape index (κ2) is 10.2. The molecule has 0 bridgehead atoms. The molecule has 0 spiro atoms. The fraction of sp³-hybridized carbons (Fsp3) is 0.720. The SMILES string of the molecule is CC(C)(C)OC(=O)N1CCC(F)(F)C(N)(CCO)C1COC1CCC(c2ccccc2)CC1. The highest BCUT2D eigenvalue weighted by Gasteiger charge is 2.61. The van der Waals surface area contributed by atoms with Crippen LogP contribution >= 0.6 is 0 Å². The van der Waals surface area contributed by atoms with E-state index in [0.717, 1.165) is 25.7 Å². The number of amides is 1. The van der Waals surface area contributed by atoms with Crippen LogP contribution in [0.15, 0.2) is 30.3 Å². The molecule has 2 unspecified atom stereocenters. The molecule has 1 amide bonds. The van der Waals surface area contributed by atoms with Crippen molar-refractivity contribution in [2.75, 3.05) is 19.8 Å². The molecule has 1 saturated heterocycles. The number of carbonyl (C=O) groups is 1. The maximum atomic E-state index is 15.0.